The van der Waals surface area contributed by atoms with Gasteiger partial charge in [-0.3, -0.25) is 0 Å². The minimum Gasteiger partial charge on any atom is -0.478 e. The number of anilines is 1. The highest BCUT2D eigenvalue weighted by atomic mass is 35.5. The predicted octanol–water partition coefficient (Wildman–Crippen LogP) is 2.77. The molecule has 1 aromatic carbocycles. The standard InChI is InChI=1S/C19H22ClFN2O4/c20-15-9-12(1-2-16(15)21)23-8-5-19(3-6-22-7-4-19)14(11-23)13(18(26)27)10-17(24)25/h1-2,9-10,14,22H,3-8,11H2,(H,24,25)(H,26,27). The first-order chi connectivity index (χ1) is 12.8. The van der Waals surface area contributed by atoms with Crippen LogP contribution >= 0.6 is 11.6 Å². The molecule has 0 bridgehead atoms. The monoisotopic (exact) mass is 396 g/mol. The molecule has 27 heavy (non-hydrogen) atoms. The third-order valence-electron chi connectivity index (χ3n) is 5.79. The van der Waals surface area contributed by atoms with Crippen LogP contribution < -0.4 is 10.2 Å². The first kappa shape index (κ1) is 19.6. The highest BCUT2D eigenvalue weighted by Gasteiger charge is 2.46. The van der Waals surface area contributed by atoms with Crippen LogP contribution in [0.2, 0.25) is 5.02 Å². The molecule has 0 aromatic heterocycles. The fourth-order valence-corrected chi connectivity index (χ4v) is 4.52. The Morgan fingerprint density at radius 1 is 1.26 bits per heavy atom. The van der Waals surface area contributed by atoms with Gasteiger partial charge in [-0.05, 0) is 56.0 Å². The van der Waals surface area contributed by atoms with Crippen molar-refractivity contribution >= 4 is 29.2 Å². The van der Waals surface area contributed by atoms with Crippen LogP contribution in [-0.2, 0) is 9.59 Å². The van der Waals surface area contributed by atoms with E-state index in [1.54, 1.807) is 6.07 Å². The van der Waals surface area contributed by atoms with Gasteiger partial charge in [0.05, 0.1) is 5.02 Å². The number of nitrogens with one attached hydrogen (secondary N) is 1. The van der Waals surface area contributed by atoms with Crippen LogP contribution in [0.5, 0.6) is 0 Å². The van der Waals surface area contributed by atoms with Crippen molar-refractivity contribution in [2.45, 2.75) is 19.3 Å². The molecule has 3 rings (SSSR count). The lowest BCUT2D eigenvalue weighted by atomic mass is 9.62. The van der Waals surface area contributed by atoms with Gasteiger partial charge in [0.15, 0.2) is 0 Å². The Hall–Kier alpha value is -2.12. The van der Waals surface area contributed by atoms with Crippen molar-refractivity contribution in [3.05, 3.63) is 40.7 Å². The minimum absolute atomic E-state index is 0.00531. The largest absolute Gasteiger partial charge is 0.478 e. The number of nitrogens with zero attached hydrogens (tertiary/aromatic N) is 1. The van der Waals surface area contributed by atoms with Gasteiger partial charge in [-0.25, -0.2) is 14.0 Å². The van der Waals surface area contributed by atoms with E-state index in [0.29, 0.717) is 18.8 Å². The van der Waals surface area contributed by atoms with Crippen LogP contribution in [0.1, 0.15) is 19.3 Å². The molecule has 0 amide bonds. The van der Waals surface area contributed by atoms with Crippen LogP contribution in [0.3, 0.4) is 0 Å². The first-order valence-corrected chi connectivity index (χ1v) is 9.29. The van der Waals surface area contributed by atoms with Crippen LogP contribution in [-0.4, -0.2) is 48.3 Å². The molecular weight excluding hydrogens is 375 g/mol. The molecule has 0 aliphatic carbocycles. The molecule has 1 spiro atoms. The molecule has 2 aliphatic rings. The fourth-order valence-electron chi connectivity index (χ4n) is 4.35. The molecule has 6 nitrogen and oxygen atoms in total. The Morgan fingerprint density at radius 2 is 1.96 bits per heavy atom. The van der Waals surface area contributed by atoms with Gasteiger partial charge in [0.1, 0.15) is 5.82 Å². The SMILES string of the molecule is O=C(O)C=C(C(=O)O)C1CN(c2ccc(F)c(Cl)c2)CCC12CCNCC2. The Kier molecular flexibility index (Phi) is 5.72. The minimum atomic E-state index is -1.27. The van der Waals surface area contributed by atoms with E-state index in [2.05, 4.69) is 5.32 Å². The maximum atomic E-state index is 13.5. The smallest absolute Gasteiger partial charge is 0.332 e. The van der Waals surface area contributed by atoms with Crippen molar-refractivity contribution < 1.29 is 24.2 Å². The van der Waals surface area contributed by atoms with Gasteiger partial charge in [-0.1, -0.05) is 11.6 Å². The van der Waals surface area contributed by atoms with E-state index in [4.69, 9.17) is 11.6 Å². The summed E-state index contributed by atoms with van der Waals surface area (Å²) in [4.78, 5) is 25.1. The Balaban J connectivity index is 1.97. The second kappa shape index (κ2) is 7.86. The Morgan fingerprint density at radius 3 is 2.56 bits per heavy atom. The summed E-state index contributed by atoms with van der Waals surface area (Å²) in [5.74, 6) is -3.43. The van der Waals surface area contributed by atoms with Crippen molar-refractivity contribution in [3.63, 3.8) is 0 Å². The molecule has 0 radical (unpaired) electrons. The van der Waals surface area contributed by atoms with Gasteiger partial charge in [-0.15, -0.1) is 0 Å². The highest BCUT2D eigenvalue weighted by molar-refractivity contribution is 6.31. The van der Waals surface area contributed by atoms with Crippen molar-refractivity contribution in [1.82, 2.24) is 5.32 Å². The number of hydrogen-bond donors (Lipinski definition) is 3. The van der Waals surface area contributed by atoms with Crippen LogP contribution in [0.25, 0.3) is 0 Å². The maximum absolute atomic E-state index is 13.5. The average Bonchev–Trinajstić information content (AvgIpc) is 2.63. The molecule has 1 unspecified atom stereocenters. The van der Waals surface area contributed by atoms with Crippen molar-refractivity contribution in [2.24, 2.45) is 11.3 Å². The van der Waals surface area contributed by atoms with E-state index in [0.717, 1.165) is 38.4 Å². The Labute approximate surface area is 161 Å². The van der Waals surface area contributed by atoms with Gasteiger partial charge in [-0.2, -0.15) is 0 Å². The van der Waals surface area contributed by atoms with E-state index in [1.807, 2.05) is 4.90 Å². The van der Waals surface area contributed by atoms with Crippen molar-refractivity contribution in [3.8, 4) is 0 Å². The molecule has 3 N–H and O–H groups in total. The number of halogens is 2. The van der Waals surface area contributed by atoms with Crippen molar-refractivity contribution in [2.75, 3.05) is 31.1 Å². The first-order valence-electron chi connectivity index (χ1n) is 8.91. The lowest BCUT2D eigenvalue weighted by Crippen LogP contribution is -2.53. The Bertz CT molecular complexity index is 777. The van der Waals surface area contributed by atoms with E-state index in [1.165, 1.54) is 12.1 Å². The van der Waals surface area contributed by atoms with Gasteiger partial charge in [0.25, 0.3) is 0 Å². The fraction of sp³-hybridized carbons (Fsp3) is 0.474. The number of hydrogen-bond acceptors (Lipinski definition) is 4. The third kappa shape index (κ3) is 4.09. The van der Waals surface area contributed by atoms with E-state index in [-0.39, 0.29) is 16.0 Å². The summed E-state index contributed by atoms with van der Waals surface area (Å²) in [5.41, 5.74) is 0.364. The zero-order valence-corrected chi connectivity index (χ0v) is 15.5. The van der Waals surface area contributed by atoms with Gasteiger partial charge in [0.2, 0.25) is 0 Å². The number of piperidine rings is 2. The second-order valence-electron chi connectivity index (χ2n) is 7.20. The molecule has 2 fully saturated rings. The van der Waals surface area contributed by atoms with E-state index in [9.17, 15) is 24.2 Å². The molecule has 0 saturated carbocycles. The summed E-state index contributed by atoms with van der Waals surface area (Å²) in [5, 5.41) is 22.2. The number of aliphatic carboxylic acids is 2. The molecule has 2 saturated heterocycles. The summed E-state index contributed by atoms with van der Waals surface area (Å²) in [6.07, 6.45) is 3.14. The van der Waals surface area contributed by atoms with E-state index >= 15 is 0 Å². The lowest BCUT2D eigenvalue weighted by Gasteiger charge is -2.51. The molecule has 1 aromatic rings. The quantitative estimate of drug-likeness (QED) is 0.678. The van der Waals surface area contributed by atoms with Gasteiger partial charge >= 0.3 is 11.9 Å². The summed E-state index contributed by atoms with van der Waals surface area (Å²) in [6, 6.07) is 4.42. The summed E-state index contributed by atoms with van der Waals surface area (Å²) >= 11 is 5.90. The normalized spacial score (nSPS) is 22.7. The zero-order valence-electron chi connectivity index (χ0n) is 14.8. The number of benzene rings is 1. The van der Waals surface area contributed by atoms with Crippen molar-refractivity contribution in [1.29, 1.82) is 0 Å². The van der Waals surface area contributed by atoms with Crippen LogP contribution in [0, 0.1) is 17.2 Å². The lowest BCUT2D eigenvalue weighted by molar-refractivity contribution is -0.136. The number of carbonyl (C=O) groups is 2. The van der Waals surface area contributed by atoms with Crippen LogP contribution in [0.15, 0.2) is 29.8 Å². The molecule has 1 atom stereocenters. The highest BCUT2D eigenvalue weighted by Crippen LogP contribution is 2.48. The third-order valence-corrected chi connectivity index (χ3v) is 6.08. The molecule has 2 heterocycles. The number of carboxylic acid groups (broad SMARTS) is 2. The molecule has 2 aliphatic heterocycles. The predicted molar refractivity (Wildman–Crippen MR) is 99.6 cm³/mol. The maximum Gasteiger partial charge on any atom is 0.332 e. The number of carboxylic acids is 2. The molecular formula is C19H22ClFN2O4. The summed E-state index contributed by atoms with van der Waals surface area (Å²) in [7, 11) is 0. The van der Waals surface area contributed by atoms with E-state index < -0.39 is 23.7 Å². The average molecular weight is 397 g/mol. The van der Waals surface area contributed by atoms with Gasteiger partial charge in [0, 0.05) is 36.3 Å². The van der Waals surface area contributed by atoms with Crippen LogP contribution in [0.4, 0.5) is 10.1 Å². The second-order valence-corrected chi connectivity index (χ2v) is 7.61. The zero-order chi connectivity index (χ0) is 19.6. The van der Waals surface area contributed by atoms with Gasteiger partial charge < -0.3 is 20.4 Å². The summed E-state index contributed by atoms with van der Waals surface area (Å²) < 4.78 is 13.5. The summed E-state index contributed by atoms with van der Waals surface area (Å²) in [6.45, 7) is 2.59. The number of rotatable bonds is 4. The topological polar surface area (TPSA) is 89.9 Å². The molecule has 146 valence electrons. The molecule has 8 heteroatoms.